The first-order valence-corrected chi connectivity index (χ1v) is 13.6. The molecule has 9 nitrogen and oxygen atoms in total. The standard InChI is InChI=1S/C29H30O9S/c1-16-9-18(3)20(5)25(11-16)28(31)37-23-13-22(27(30)36-7-8-39(33,34)35)14-24(15-23)38-29(32)26-12-17(2)10-19(4)21(26)6/h9-15H,7-8H2,1-6H3,(H,33,34,35). The minimum Gasteiger partial charge on any atom is -0.461 e. The Bertz CT molecular complexity index is 1480. The largest absolute Gasteiger partial charge is 0.461 e. The first-order chi connectivity index (χ1) is 18.1. The van der Waals surface area contributed by atoms with E-state index in [0.717, 1.165) is 33.4 Å². The summed E-state index contributed by atoms with van der Waals surface area (Å²) in [5.41, 5.74) is 5.47. The van der Waals surface area contributed by atoms with Crippen molar-refractivity contribution in [3.8, 4) is 11.5 Å². The van der Waals surface area contributed by atoms with Crippen LogP contribution in [0.2, 0.25) is 0 Å². The average Bonchev–Trinajstić information content (AvgIpc) is 2.82. The van der Waals surface area contributed by atoms with Gasteiger partial charge >= 0.3 is 17.9 Å². The Morgan fingerprint density at radius 3 is 1.51 bits per heavy atom. The topological polar surface area (TPSA) is 133 Å². The summed E-state index contributed by atoms with van der Waals surface area (Å²) in [7, 11) is -4.35. The molecule has 0 aliphatic heterocycles. The van der Waals surface area contributed by atoms with Gasteiger partial charge in [-0.15, -0.1) is 0 Å². The number of hydrogen-bond acceptors (Lipinski definition) is 8. The van der Waals surface area contributed by atoms with E-state index in [1.54, 1.807) is 26.0 Å². The molecule has 0 spiro atoms. The molecule has 0 amide bonds. The monoisotopic (exact) mass is 554 g/mol. The summed E-state index contributed by atoms with van der Waals surface area (Å²) in [6, 6.07) is 10.9. The summed E-state index contributed by atoms with van der Waals surface area (Å²) >= 11 is 0. The lowest BCUT2D eigenvalue weighted by Crippen LogP contribution is -2.16. The summed E-state index contributed by atoms with van der Waals surface area (Å²) in [6.45, 7) is 10.4. The molecule has 0 bridgehead atoms. The van der Waals surface area contributed by atoms with Crippen molar-refractivity contribution in [2.75, 3.05) is 12.4 Å². The van der Waals surface area contributed by atoms with E-state index >= 15 is 0 Å². The van der Waals surface area contributed by atoms with Crippen LogP contribution in [-0.4, -0.2) is 43.2 Å². The molecule has 3 rings (SSSR count). The minimum atomic E-state index is -4.35. The Morgan fingerprint density at radius 2 is 1.10 bits per heavy atom. The number of aryl methyl sites for hydroxylation is 4. The van der Waals surface area contributed by atoms with Crippen LogP contribution in [0.25, 0.3) is 0 Å². The lowest BCUT2D eigenvalue weighted by Gasteiger charge is -2.14. The van der Waals surface area contributed by atoms with Crippen LogP contribution in [0.1, 0.15) is 64.5 Å². The number of carbonyl (C=O) groups is 3. The molecule has 3 aromatic carbocycles. The molecule has 0 aliphatic rings. The lowest BCUT2D eigenvalue weighted by molar-refractivity contribution is 0.0523. The summed E-state index contributed by atoms with van der Waals surface area (Å²) < 4.78 is 46.9. The molecule has 0 fully saturated rings. The molecule has 1 N–H and O–H groups in total. The van der Waals surface area contributed by atoms with Crippen LogP contribution < -0.4 is 9.47 Å². The molecule has 3 aromatic rings. The van der Waals surface area contributed by atoms with E-state index in [1.807, 2.05) is 39.8 Å². The highest BCUT2D eigenvalue weighted by molar-refractivity contribution is 7.85. The second-order valence-corrected chi connectivity index (χ2v) is 11.0. The minimum absolute atomic E-state index is 0.0947. The van der Waals surface area contributed by atoms with E-state index < -0.39 is 40.4 Å². The number of rotatable bonds is 8. The zero-order valence-electron chi connectivity index (χ0n) is 22.6. The maximum atomic E-state index is 13.0. The molecular formula is C29H30O9S. The SMILES string of the molecule is Cc1cc(C)c(C)c(C(=O)Oc2cc(OC(=O)c3cc(C)cc(C)c3C)cc(C(=O)OCCS(=O)(=O)O)c2)c1. The highest BCUT2D eigenvalue weighted by atomic mass is 32.2. The fraction of sp³-hybridized carbons (Fsp3) is 0.276. The van der Waals surface area contributed by atoms with Gasteiger partial charge in [-0.25, -0.2) is 14.4 Å². The summed E-state index contributed by atoms with van der Waals surface area (Å²) in [4.78, 5) is 38.7. The van der Waals surface area contributed by atoms with Gasteiger partial charge in [-0.1, -0.05) is 12.1 Å². The van der Waals surface area contributed by atoms with E-state index in [0.29, 0.717) is 11.1 Å². The molecule has 0 aliphatic carbocycles. The van der Waals surface area contributed by atoms with Crippen molar-refractivity contribution < 1.29 is 41.6 Å². The molecule has 0 saturated heterocycles. The molecule has 0 heterocycles. The fourth-order valence-corrected chi connectivity index (χ4v) is 4.25. The molecule has 0 radical (unpaired) electrons. The van der Waals surface area contributed by atoms with Gasteiger partial charge in [0.2, 0.25) is 0 Å². The fourth-order valence-electron chi connectivity index (χ4n) is 3.96. The van der Waals surface area contributed by atoms with Crippen LogP contribution in [0.15, 0.2) is 42.5 Å². The Morgan fingerprint density at radius 1 is 0.667 bits per heavy atom. The number of carbonyl (C=O) groups excluding carboxylic acids is 3. The number of benzene rings is 3. The number of hydrogen-bond donors (Lipinski definition) is 1. The van der Waals surface area contributed by atoms with Crippen LogP contribution in [0.5, 0.6) is 11.5 Å². The van der Waals surface area contributed by atoms with Crippen molar-refractivity contribution >= 4 is 28.0 Å². The summed E-state index contributed by atoms with van der Waals surface area (Å²) in [6.07, 6.45) is 0. The summed E-state index contributed by atoms with van der Waals surface area (Å²) in [5.74, 6) is -3.32. The third-order valence-corrected chi connectivity index (χ3v) is 6.86. The smallest absolute Gasteiger partial charge is 0.343 e. The highest BCUT2D eigenvalue weighted by Crippen LogP contribution is 2.27. The number of esters is 3. The van der Waals surface area contributed by atoms with Gasteiger partial charge < -0.3 is 14.2 Å². The molecule has 10 heteroatoms. The zero-order valence-corrected chi connectivity index (χ0v) is 23.4. The summed E-state index contributed by atoms with van der Waals surface area (Å²) in [5, 5.41) is 0. The van der Waals surface area contributed by atoms with Gasteiger partial charge in [0.15, 0.2) is 0 Å². The van der Waals surface area contributed by atoms with E-state index in [4.69, 9.17) is 18.8 Å². The Kier molecular flexibility index (Phi) is 8.93. The zero-order chi connectivity index (χ0) is 29.1. The van der Waals surface area contributed by atoms with Crippen LogP contribution in [0.4, 0.5) is 0 Å². The predicted molar refractivity (Wildman–Crippen MR) is 144 cm³/mol. The van der Waals surface area contributed by atoms with Gasteiger partial charge in [0, 0.05) is 6.07 Å². The van der Waals surface area contributed by atoms with Gasteiger partial charge in [-0.2, -0.15) is 8.42 Å². The third-order valence-electron chi connectivity index (χ3n) is 6.17. The predicted octanol–water partition coefficient (Wildman–Crippen LogP) is 5.02. The van der Waals surface area contributed by atoms with Crippen LogP contribution in [0, 0.1) is 41.5 Å². The molecule has 0 unspecified atom stereocenters. The quantitative estimate of drug-likeness (QED) is 0.231. The van der Waals surface area contributed by atoms with Crippen molar-refractivity contribution in [2.45, 2.75) is 41.5 Å². The van der Waals surface area contributed by atoms with Gasteiger partial charge in [0.05, 0.1) is 16.7 Å². The van der Waals surface area contributed by atoms with E-state index in [2.05, 4.69) is 0 Å². The Labute approximate surface area is 227 Å². The first kappa shape index (κ1) is 29.5. The first-order valence-electron chi connectivity index (χ1n) is 12.0. The van der Waals surface area contributed by atoms with Crippen molar-refractivity contribution in [1.82, 2.24) is 0 Å². The van der Waals surface area contributed by atoms with Gasteiger partial charge in [0.25, 0.3) is 10.1 Å². The molecule has 0 saturated carbocycles. The molecule has 0 atom stereocenters. The van der Waals surface area contributed by atoms with Crippen molar-refractivity contribution in [3.05, 3.63) is 92.5 Å². The van der Waals surface area contributed by atoms with Crippen LogP contribution in [0.3, 0.4) is 0 Å². The van der Waals surface area contributed by atoms with E-state index in [-0.39, 0.29) is 17.1 Å². The van der Waals surface area contributed by atoms with E-state index in [1.165, 1.54) is 18.2 Å². The normalized spacial score (nSPS) is 11.2. The second-order valence-electron chi connectivity index (χ2n) is 9.40. The molecule has 0 aromatic heterocycles. The maximum Gasteiger partial charge on any atom is 0.343 e. The van der Waals surface area contributed by atoms with Crippen LogP contribution >= 0.6 is 0 Å². The Hall–Kier alpha value is -4.02. The van der Waals surface area contributed by atoms with Crippen LogP contribution in [-0.2, 0) is 14.9 Å². The van der Waals surface area contributed by atoms with Gasteiger partial charge in [-0.3, -0.25) is 4.55 Å². The van der Waals surface area contributed by atoms with E-state index in [9.17, 15) is 22.8 Å². The van der Waals surface area contributed by atoms with Crippen molar-refractivity contribution in [3.63, 3.8) is 0 Å². The number of ether oxygens (including phenoxy) is 3. The second kappa shape index (κ2) is 11.8. The molecular weight excluding hydrogens is 524 g/mol. The molecule has 206 valence electrons. The third kappa shape index (κ3) is 7.75. The maximum absolute atomic E-state index is 13.0. The van der Waals surface area contributed by atoms with Crippen molar-refractivity contribution in [1.29, 1.82) is 0 Å². The highest BCUT2D eigenvalue weighted by Gasteiger charge is 2.20. The van der Waals surface area contributed by atoms with Gasteiger partial charge in [0.1, 0.15) is 23.9 Å². The molecule has 39 heavy (non-hydrogen) atoms. The van der Waals surface area contributed by atoms with Crippen molar-refractivity contribution in [2.24, 2.45) is 0 Å². The lowest BCUT2D eigenvalue weighted by atomic mass is 10.0. The van der Waals surface area contributed by atoms with Gasteiger partial charge in [-0.05, 0) is 99.2 Å². The Balaban J connectivity index is 1.97. The average molecular weight is 555 g/mol.